The van der Waals surface area contributed by atoms with Crippen LogP contribution in [0.4, 0.5) is 5.69 Å². The van der Waals surface area contributed by atoms with Crippen molar-refractivity contribution in [3.8, 4) is 11.5 Å². The maximum atomic E-state index is 12.2. The normalized spacial score (nSPS) is 11.3. The third kappa shape index (κ3) is 5.71. The molecule has 1 N–H and O–H groups in total. The number of anilines is 1. The summed E-state index contributed by atoms with van der Waals surface area (Å²) in [5, 5.41) is 3.89. The predicted molar refractivity (Wildman–Crippen MR) is 109 cm³/mol. The average molecular weight is 405 g/mol. The van der Waals surface area contributed by atoms with Crippen molar-refractivity contribution in [1.82, 2.24) is 5.43 Å². The molecule has 0 saturated heterocycles. The van der Waals surface area contributed by atoms with Crippen molar-refractivity contribution >= 4 is 27.8 Å². The number of hydrogen-bond acceptors (Lipinski definition) is 6. The highest BCUT2D eigenvalue weighted by atomic mass is 32.2. The number of rotatable bonds is 8. The molecule has 0 aliphatic carbocycles. The molecule has 0 unspecified atom stereocenters. The number of nitrogens with one attached hydrogen (secondary N) is 1. The largest absolute Gasteiger partial charge is 0.497 e. The fourth-order valence-electron chi connectivity index (χ4n) is 2.45. The standard InChI is InChI=1S/C19H23N3O5S/c1-14-6-5-7-16(10-14)22(28(4,24)25)13-19(23)21-20-12-15-8-9-17(26-2)11-18(15)27-3/h5-12H,13H2,1-4H3,(H,21,23)/b20-12-. The molecule has 2 aromatic rings. The molecule has 150 valence electrons. The zero-order valence-corrected chi connectivity index (χ0v) is 17.0. The Balaban J connectivity index is 2.10. The smallest absolute Gasteiger partial charge is 0.260 e. The summed E-state index contributed by atoms with van der Waals surface area (Å²) in [7, 11) is -0.582. The molecule has 8 nitrogen and oxygen atoms in total. The monoisotopic (exact) mass is 405 g/mol. The zero-order chi connectivity index (χ0) is 20.7. The van der Waals surface area contributed by atoms with Gasteiger partial charge in [-0.1, -0.05) is 12.1 Å². The third-order valence-corrected chi connectivity index (χ3v) is 4.95. The molecule has 0 aromatic heterocycles. The van der Waals surface area contributed by atoms with Crippen molar-refractivity contribution in [3.63, 3.8) is 0 Å². The summed E-state index contributed by atoms with van der Waals surface area (Å²) in [5.41, 5.74) is 4.26. The molecule has 0 atom stereocenters. The first kappa shape index (κ1) is 21.2. The Hall–Kier alpha value is -3.07. The molecule has 2 rings (SSSR count). The minimum Gasteiger partial charge on any atom is -0.497 e. The van der Waals surface area contributed by atoms with Crippen LogP contribution in [0, 0.1) is 6.92 Å². The molecule has 0 aliphatic heterocycles. The van der Waals surface area contributed by atoms with Gasteiger partial charge in [0.05, 0.1) is 32.4 Å². The van der Waals surface area contributed by atoms with Gasteiger partial charge in [-0.15, -0.1) is 0 Å². The SMILES string of the molecule is COc1ccc(/C=N\NC(=O)CN(c2cccc(C)c2)S(C)(=O)=O)c(OC)c1. The molecule has 0 radical (unpaired) electrons. The van der Waals surface area contributed by atoms with Crippen LogP contribution in [0.2, 0.25) is 0 Å². The van der Waals surface area contributed by atoms with Gasteiger partial charge < -0.3 is 9.47 Å². The third-order valence-electron chi connectivity index (χ3n) is 3.81. The van der Waals surface area contributed by atoms with E-state index in [4.69, 9.17) is 9.47 Å². The Morgan fingerprint density at radius 3 is 2.54 bits per heavy atom. The summed E-state index contributed by atoms with van der Waals surface area (Å²) < 4.78 is 35.6. The van der Waals surface area contributed by atoms with Crippen molar-refractivity contribution in [2.24, 2.45) is 5.10 Å². The Kier molecular flexibility index (Phi) is 7.00. The van der Waals surface area contributed by atoms with Crippen molar-refractivity contribution < 1.29 is 22.7 Å². The molecule has 2 aromatic carbocycles. The molecular weight excluding hydrogens is 382 g/mol. The number of hydrogen-bond donors (Lipinski definition) is 1. The van der Waals surface area contributed by atoms with Gasteiger partial charge in [0.25, 0.3) is 5.91 Å². The molecule has 0 aliphatic rings. The first-order valence-electron chi connectivity index (χ1n) is 8.33. The summed E-state index contributed by atoms with van der Waals surface area (Å²) in [6.07, 6.45) is 2.46. The molecule has 0 bridgehead atoms. The molecule has 28 heavy (non-hydrogen) atoms. The molecule has 0 spiro atoms. The van der Waals surface area contributed by atoms with Crippen LogP contribution in [-0.4, -0.2) is 47.6 Å². The highest BCUT2D eigenvalue weighted by molar-refractivity contribution is 7.92. The molecule has 0 saturated carbocycles. The molecule has 1 amide bonds. The summed E-state index contributed by atoms with van der Waals surface area (Å²) in [6, 6.07) is 12.0. The van der Waals surface area contributed by atoms with Crippen LogP contribution < -0.4 is 19.2 Å². The lowest BCUT2D eigenvalue weighted by Crippen LogP contribution is -2.39. The van der Waals surface area contributed by atoms with Gasteiger partial charge in [0.15, 0.2) is 0 Å². The Labute approximate surface area is 164 Å². The van der Waals surface area contributed by atoms with E-state index < -0.39 is 15.9 Å². The maximum Gasteiger partial charge on any atom is 0.260 e. The lowest BCUT2D eigenvalue weighted by atomic mass is 10.2. The van der Waals surface area contributed by atoms with E-state index in [2.05, 4.69) is 10.5 Å². The number of aryl methyl sites for hydroxylation is 1. The van der Waals surface area contributed by atoms with Crippen LogP contribution in [0.15, 0.2) is 47.6 Å². The lowest BCUT2D eigenvalue weighted by molar-refractivity contribution is -0.119. The Morgan fingerprint density at radius 1 is 1.18 bits per heavy atom. The highest BCUT2D eigenvalue weighted by Crippen LogP contribution is 2.23. The molecule has 9 heteroatoms. The van der Waals surface area contributed by atoms with Gasteiger partial charge in [-0.3, -0.25) is 9.10 Å². The number of sulfonamides is 1. The van der Waals surface area contributed by atoms with Gasteiger partial charge in [0, 0.05) is 11.6 Å². The van der Waals surface area contributed by atoms with Crippen LogP contribution in [-0.2, 0) is 14.8 Å². The average Bonchev–Trinajstić information content (AvgIpc) is 2.65. The van der Waals surface area contributed by atoms with Gasteiger partial charge in [-0.25, -0.2) is 13.8 Å². The summed E-state index contributed by atoms with van der Waals surface area (Å²) in [4.78, 5) is 12.2. The lowest BCUT2D eigenvalue weighted by Gasteiger charge is -2.21. The van der Waals surface area contributed by atoms with Gasteiger partial charge >= 0.3 is 0 Å². The van der Waals surface area contributed by atoms with Gasteiger partial charge in [-0.2, -0.15) is 5.10 Å². The number of amides is 1. The topological polar surface area (TPSA) is 97.3 Å². The number of benzene rings is 2. The summed E-state index contributed by atoms with van der Waals surface area (Å²) in [6.45, 7) is 1.45. The van der Waals surface area contributed by atoms with Crippen LogP contribution >= 0.6 is 0 Å². The van der Waals surface area contributed by atoms with Crippen molar-refractivity contribution in [3.05, 3.63) is 53.6 Å². The van der Waals surface area contributed by atoms with E-state index in [-0.39, 0.29) is 6.54 Å². The summed E-state index contributed by atoms with van der Waals surface area (Å²) in [5.74, 6) is 0.575. The predicted octanol–water partition coefficient (Wildman–Crippen LogP) is 1.93. The van der Waals surface area contributed by atoms with E-state index in [0.717, 1.165) is 16.1 Å². The van der Waals surface area contributed by atoms with Crippen molar-refractivity contribution in [1.29, 1.82) is 0 Å². The van der Waals surface area contributed by atoms with E-state index in [1.54, 1.807) is 43.5 Å². The Morgan fingerprint density at radius 2 is 1.93 bits per heavy atom. The van der Waals surface area contributed by atoms with Gasteiger partial charge in [-0.05, 0) is 36.8 Å². The molecular formula is C19H23N3O5S. The molecule has 0 fully saturated rings. The van der Waals surface area contributed by atoms with E-state index in [9.17, 15) is 13.2 Å². The number of nitrogens with zero attached hydrogens (tertiary/aromatic N) is 2. The van der Waals surface area contributed by atoms with Crippen molar-refractivity contribution in [2.45, 2.75) is 6.92 Å². The second kappa shape index (κ2) is 9.23. The van der Waals surface area contributed by atoms with Crippen molar-refractivity contribution in [2.75, 3.05) is 31.3 Å². The Bertz CT molecular complexity index is 973. The maximum absolute atomic E-state index is 12.2. The van der Waals surface area contributed by atoms with E-state index >= 15 is 0 Å². The highest BCUT2D eigenvalue weighted by Gasteiger charge is 2.20. The van der Waals surface area contributed by atoms with Gasteiger partial charge in [0.1, 0.15) is 18.0 Å². The number of carbonyl (C=O) groups excluding carboxylic acids is 1. The number of ether oxygens (including phenoxy) is 2. The molecule has 0 heterocycles. The fraction of sp³-hybridized carbons (Fsp3) is 0.263. The zero-order valence-electron chi connectivity index (χ0n) is 16.2. The minimum atomic E-state index is -3.64. The minimum absolute atomic E-state index is 0.390. The van der Waals surface area contributed by atoms with Crippen LogP contribution in [0.1, 0.15) is 11.1 Å². The quantitative estimate of drug-likeness (QED) is 0.535. The summed E-state index contributed by atoms with van der Waals surface area (Å²) >= 11 is 0. The number of methoxy groups -OCH3 is 2. The van der Waals surface area contributed by atoms with E-state index in [1.807, 2.05) is 13.0 Å². The first-order valence-corrected chi connectivity index (χ1v) is 10.2. The van der Waals surface area contributed by atoms with Crippen LogP contribution in [0.5, 0.6) is 11.5 Å². The van der Waals surface area contributed by atoms with Gasteiger partial charge in [0.2, 0.25) is 10.0 Å². The van der Waals surface area contributed by atoms with E-state index in [1.165, 1.54) is 13.3 Å². The van der Waals surface area contributed by atoms with E-state index in [0.29, 0.717) is 22.7 Å². The van der Waals surface area contributed by atoms with Crippen LogP contribution in [0.25, 0.3) is 0 Å². The second-order valence-corrected chi connectivity index (χ2v) is 7.92. The number of carbonyl (C=O) groups is 1. The fourth-order valence-corrected chi connectivity index (χ4v) is 3.30. The first-order chi connectivity index (χ1) is 13.2. The second-order valence-electron chi connectivity index (χ2n) is 6.01. The van der Waals surface area contributed by atoms with Crippen LogP contribution in [0.3, 0.4) is 0 Å². The number of hydrazone groups is 1.